The van der Waals surface area contributed by atoms with Crippen molar-refractivity contribution in [1.82, 2.24) is 0 Å². The summed E-state index contributed by atoms with van der Waals surface area (Å²) in [5.74, 6) is -4.55. The van der Waals surface area contributed by atoms with E-state index in [0.717, 1.165) is 64.2 Å². The standard InChI is InChI=1S/5C12H24O2.Al.Mg/c5*1-2-3-4-5-6-7-8-9-10-11-12(13)14;;/h5*2-11H2,1H3,(H,13,14);;/q;;;;;+3;+2/p-5. The Labute approximate surface area is 472 Å². The van der Waals surface area contributed by atoms with Crippen LogP contribution >= 0.6 is 0 Å². The maximum atomic E-state index is 10.1. The second-order valence-corrected chi connectivity index (χ2v) is 19.8. The number of hydrogen-bond donors (Lipinski definition) is 0. The first-order valence-electron chi connectivity index (χ1n) is 29.8. The molecule has 0 fully saturated rings. The number of carbonyl (C=O) groups excluding carboxylic acids is 5. The molecule has 0 atom stereocenters. The largest absolute Gasteiger partial charge is 3.00 e. The number of carbonyl (C=O) groups is 5. The van der Waals surface area contributed by atoms with E-state index in [-0.39, 0.29) is 72.5 Å². The van der Waals surface area contributed by atoms with Crippen LogP contribution in [0.2, 0.25) is 0 Å². The zero-order chi connectivity index (χ0) is 53.2. The smallest absolute Gasteiger partial charge is 0.550 e. The molecule has 0 unspecified atom stereocenters. The van der Waals surface area contributed by atoms with Crippen LogP contribution in [0, 0.1) is 0 Å². The summed E-state index contributed by atoms with van der Waals surface area (Å²) < 4.78 is 0. The van der Waals surface area contributed by atoms with Crippen LogP contribution in [0.5, 0.6) is 0 Å². The topological polar surface area (TPSA) is 201 Å². The van der Waals surface area contributed by atoms with Crippen LogP contribution in [0.3, 0.4) is 0 Å². The molecule has 0 N–H and O–H groups in total. The molecule has 12 heteroatoms. The van der Waals surface area contributed by atoms with Gasteiger partial charge in [-0.1, -0.05) is 291 Å². The van der Waals surface area contributed by atoms with E-state index in [1.165, 1.54) is 225 Å². The van der Waals surface area contributed by atoms with Gasteiger partial charge in [-0.2, -0.15) is 0 Å². The third kappa shape index (κ3) is 109. The van der Waals surface area contributed by atoms with Crippen molar-refractivity contribution in [2.24, 2.45) is 0 Å². The van der Waals surface area contributed by atoms with Gasteiger partial charge in [0, 0.05) is 29.8 Å². The molecule has 0 aliphatic rings. The first-order chi connectivity index (χ1) is 33.9. The van der Waals surface area contributed by atoms with Crippen LogP contribution in [0.25, 0.3) is 0 Å². The Hall–Kier alpha value is -1.35. The van der Waals surface area contributed by atoms with Crippen molar-refractivity contribution in [3.63, 3.8) is 0 Å². The van der Waals surface area contributed by atoms with Gasteiger partial charge < -0.3 is 49.5 Å². The number of carboxylic acid groups (broad SMARTS) is 5. The van der Waals surface area contributed by atoms with Crippen LogP contribution in [0.4, 0.5) is 0 Å². The van der Waals surface area contributed by atoms with Crippen molar-refractivity contribution in [3.8, 4) is 0 Å². The van der Waals surface area contributed by atoms with Crippen molar-refractivity contribution in [2.45, 2.75) is 356 Å². The van der Waals surface area contributed by atoms with E-state index < -0.39 is 29.8 Å². The molecule has 420 valence electrons. The van der Waals surface area contributed by atoms with Gasteiger partial charge >= 0.3 is 40.4 Å². The molecular weight excluding hydrogens is 932 g/mol. The Morgan fingerprint density at radius 2 is 0.278 bits per heavy atom. The molecule has 0 radical (unpaired) electrons. The third-order valence-corrected chi connectivity index (χ3v) is 12.4. The molecule has 0 heterocycles. The average molecular weight is 1050 g/mol. The van der Waals surface area contributed by atoms with Gasteiger partial charge in [0.15, 0.2) is 0 Å². The molecular formula is C60H115AlMgO10. The fourth-order valence-corrected chi connectivity index (χ4v) is 7.90. The SMILES string of the molecule is CCCCCCCCCCCC(=O)[O-].CCCCCCCCCCCC(=O)[O-].CCCCCCCCCCCC(=O)[O-].CCCCCCCCCCCC(=O)[O-].CCCCCCCCCCCC(=O)[O-].[Al+3].[Mg+2]. The van der Waals surface area contributed by atoms with Gasteiger partial charge in [0.25, 0.3) is 0 Å². The van der Waals surface area contributed by atoms with Crippen LogP contribution in [0.1, 0.15) is 356 Å². The molecule has 0 rings (SSSR count). The van der Waals surface area contributed by atoms with Gasteiger partial charge in [-0.05, 0) is 64.2 Å². The minimum Gasteiger partial charge on any atom is -0.550 e. The van der Waals surface area contributed by atoms with E-state index in [2.05, 4.69) is 34.6 Å². The fraction of sp³-hybridized carbons (Fsp3) is 0.917. The molecule has 72 heavy (non-hydrogen) atoms. The molecule has 10 nitrogen and oxygen atoms in total. The van der Waals surface area contributed by atoms with Gasteiger partial charge in [-0.3, -0.25) is 0 Å². The van der Waals surface area contributed by atoms with Crippen molar-refractivity contribution in [3.05, 3.63) is 0 Å². The molecule has 0 aliphatic carbocycles. The van der Waals surface area contributed by atoms with E-state index in [0.29, 0.717) is 0 Å². The zero-order valence-electron chi connectivity index (χ0n) is 48.2. The van der Waals surface area contributed by atoms with Crippen molar-refractivity contribution in [1.29, 1.82) is 0 Å². The second-order valence-electron chi connectivity index (χ2n) is 19.8. The van der Waals surface area contributed by atoms with E-state index in [1.54, 1.807) is 0 Å². The Morgan fingerprint density at radius 3 is 0.361 bits per heavy atom. The van der Waals surface area contributed by atoms with Crippen molar-refractivity contribution < 1.29 is 49.5 Å². The average Bonchev–Trinajstić information content (AvgIpc) is 3.32. The summed E-state index contributed by atoms with van der Waals surface area (Å²) in [5.41, 5.74) is 0. The van der Waals surface area contributed by atoms with Crippen LogP contribution in [-0.4, -0.2) is 70.3 Å². The Balaban J connectivity index is -0.000000146. The summed E-state index contributed by atoms with van der Waals surface area (Å²) in [4.78, 5) is 50.5. The van der Waals surface area contributed by atoms with E-state index in [1.807, 2.05) is 0 Å². The van der Waals surface area contributed by atoms with E-state index in [4.69, 9.17) is 0 Å². The van der Waals surface area contributed by atoms with Crippen molar-refractivity contribution in [2.75, 3.05) is 0 Å². The van der Waals surface area contributed by atoms with Gasteiger partial charge in [-0.25, -0.2) is 0 Å². The Bertz CT molecular complexity index is 862. The predicted octanol–water partition coefficient (Wildman–Crippen LogP) is 12.5. The number of hydrogen-bond acceptors (Lipinski definition) is 10. The van der Waals surface area contributed by atoms with E-state index in [9.17, 15) is 49.5 Å². The number of unbranched alkanes of at least 4 members (excludes halogenated alkanes) is 40. The monoisotopic (exact) mass is 1050 g/mol. The normalized spacial score (nSPS) is 10.1. The fourth-order valence-electron chi connectivity index (χ4n) is 7.90. The molecule has 0 saturated carbocycles. The summed E-state index contributed by atoms with van der Waals surface area (Å²) >= 11 is 0. The predicted molar refractivity (Wildman–Crippen MR) is 296 cm³/mol. The van der Waals surface area contributed by atoms with Crippen LogP contribution in [0.15, 0.2) is 0 Å². The van der Waals surface area contributed by atoms with Gasteiger partial charge in [-0.15, -0.1) is 0 Å². The molecule has 0 bridgehead atoms. The molecule has 0 amide bonds. The van der Waals surface area contributed by atoms with Crippen LogP contribution in [-0.2, 0) is 24.0 Å². The van der Waals surface area contributed by atoms with Gasteiger partial charge in [0.1, 0.15) is 0 Å². The second kappa shape index (κ2) is 81.0. The number of rotatable bonds is 50. The summed E-state index contributed by atoms with van der Waals surface area (Å²) in [6.07, 6.45) is 55.8. The summed E-state index contributed by atoms with van der Waals surface area (Å²) in [6, 6.07) is 0. The molecule has 0 aromatic heterocycles. The first-order valence-corrected chi connectivity index (χ1v) is 29.8. The molecule has 0 aliphatic heterocycles. The summed E-state index contributed by atoms with van der Waals surface area (Å²) in [6.45, 7) is 11.1. The Morgan fingerprint density at radius 1 is 0.194 bits per heavy atom. The zero-order valence-corrected chi connectivity index (χ0v) is 50.8. The Kier molecular flexibility index (Phi) is 95.2. The minimum atomic E-state index is -0.909. The van der Waals surface area contributed by atoms with E-state index >= 15 is 0 Å². The summed E-state index contributed by atoms with van der Waals surface area (Å²) in [7, 11) is 0. The van der Waals surface area contributed by atoms with Gasteiger partial charge in [0.2, 0.25) is 0 Å². The van der Waals surface area contributed by atoms with Gasteiger partial charge in [0.05, 0.1) is 0 Å². The number of aliphatic carboxylic acids is 5. The first kappa shape index (κ1) is 84.6. The maximum Gasteiger partial charge on any atom is 3.00 e. The molecule has 0 aromatic rings. The van der Waals surface area contributed by atoms with Crippen molar-refractivity contribution >= 4 is 70.3 Å². The third-order valence-electron chi connectivity index (χ3n) is 12.4. The van der Waals surface area contributed by atoms with Crippen LogP contribution < -0.4 is 25.5 Å². The molecule has 0 saturated heterocycles. The molecule has 0 spiro atoms. The molecule has 0 aromatic carbocycles. The number of carboxylic acids is 5. The minimum absolute atomic E-state index is 0. The quantitative estimate of drug-likeness (QED) is 0.0417. The maximum absolute atomic E-state index is 10.1. The summed E-state index contributed by atoms with van der Waals surface area (Å²) in [5, 5.41) is 50.5.